The molecule has 0 aromatic heterocycles. The lowest BCUT2D eigenvalue weighted by molar-refractivity contribution is 0.418. The lowest BCUT2D eigenvalue weighted by atomic mass is 10.0. The Morgan fingerprint density at radius 3 is 2.60 bits per heavy atom. The van der Waals surface area contributed by atoms with Crippen LogP contribution in [0.15, 0.2) is 0 Å². The summed E-state index contributed by atoms with van der Waals surface area (Å²) in [6.07, 6.45) is 9.83. The van der Waals surface area contributed by atoms with E-state index in [4.69, 9.17) is 0 Å². The second-order valence-electron chi connectivity index (χ2n) is 5.51. The molecule has 0 aromatic rings. The fraction of sp³-hybridized carbons (Fsp3) is 1.00. The summed E-state index contributed by atoms with van der Waals surface area (Å²) in [7, 11) is 0. The average molecular weight is 210 g/mol. The summed E-state index contributed by atoms with van der Waals surface area (Å²) in [4.78, 5) is 0. The number of hydrogen-bond acceptors (Lipinski definition) is 2. The van der Waals surface area contributed by atoms with Gasteiger partial charge in [-0.05, 0) is 57.0 Å². The van der Waals surface area contributed by atoms with Gasteiger partial charge >= 0.3 is 0 Å². The lowest BCUT2D eigenvalue weighted by Gasteiger charge is -2.14. The summed E-state index contributed by atoms with van der Waals surface area (Å²) in [5, 5.41) is 7.18. The van der Waals surface area contributed by atoms with Crippen LogP contribution in [0.2, 0.25) is 0 Å². The van der Waals surface area contributed by atoms with Crippen molar-refractivity contribution in [3.63, 3.8) is 0 Å². The van der Waals surface area contributed by atoms with Crippen LogP contribution in [0.3, 0.4) is 0 Å². The first-order valence-corrected chi connectivity index (χ1v) is 6.79. The van der Waals surface area contributed by atoms with Gasteiger partial charge in [0.2, 0.25) is 0 Å². The van der Waals surface area contributed by atoms with Crippen LogP contribution in [0.5, 0.6) is 0 Å². The number of hydrogen-bond donors (Lipinski definition) is 2. The fourth-order valence-electron chi connectivity index (χ4n) is 2.38. The Morgan fingerprint density at radius 2 is 2.00 bits per heavy atom. The zero-order chi connectivity index (χ0) is 10.6. The normalized spacial score (nSPS) is 23.0. The molecule has 0 aliphatic heterocycles. The van der Waals surface area contributed by atoms with Crippen molar-refractivity contribution in [3.05, 3.63) is 0 Å². The Hall–Kier alpha value is -0.0800. The lowest BCUT2D eigenvalue weighted by Crippen LogP contribution is -2.27. The molecule has 0 atom stereocenters. The van der Waals surface area contributed by atoms with Crippen LogP contribution in [0, 0.1) is 5.41 Å². The van der Waals surface area contributed by atoms with Crippen LogP contribution in [-0.4, -0.2) is 25.7 Å². The number of rotatable bonds is 9. The molecule has 2 saturated carbocycles. The Balaban J connectivity index is 1.41. The molecule has 2 aliphatic carbocycles. The molecular weight excluding hydrogens is 184 g/mol. The summed E-state index contributed by atoms with van der Waals surface area (Å²) in [5.74, 6) is 0. The quantitative estimate of drug-likeness (QED) is 0.571. The largest absolute Gasteiger partial charge is 0.316 e. The standard InChI is InChI=1S/C13H26N2/c1-2-6-13(7-8-13)11-14-9-3-10-15-12-4-5-12/h12,14-15H,2-11H2,1H3. The topological polar surface area (TPSA) is 24.1 Å². The molecule has 0 heterocycles. The van der Waals surface area contributed by atoms with E-state index in [9.17, 15) is 0 Å². The van der Waals surface area contributed by atoms with Crippen LogP contribution < -0.4 is 10.6 Å². The average Bonchev–Trinajstić information content (AvgIpc) is 3.08. The van der Waals surface area contributed by atoms with Crippen molar-refractivity contribution >= 4 is 0 Å². The van der Waals surface area contributed by atoms with Gasteiger partial charge in [0.15, 0.2) is 0 Å². The van der Waals surface area contributed by atoms with Crippen molar-refractivity contribution in [1.29, 1.82) is 0 Å². The van der Waals surface area contributed by atoms with Gasteiger partial charge in [-0.25, -0.2) is 0 Å². The van der Waals surface area contributed by atoms with Gasteiger partial charge in [-0.1, -0.05) is 13.3 Å². The first kappa shape index (κ1) is 11.4. The van der Waals surface area contributed by atoms with E-state index >= 15 is 0 Å². The maximum absolute atomic E-state index is 3.63. The minimum Gasteiger partial charge on any atom is -0.316 e. The molecule has 2 nitrogen and oxygen atoms in total. The van der Waals surface area contributed by atoms with Gasteiger partial charge in [-0.3, -0.25) is 0 Å². The van der Waals surface area contributed by atoms with E-state index in [1.54, 1.807) is 0 Å². The highest BCUT2D eigenvalue weighted by atomic mass is 15.0. The van der Waals surface area contributed by atoms with Crippen LogP contribution in [0.4, 0.5) is 0 Å². The molecule has 0 saturated heterocycles. The Labute approximate surface area is 94.2 Å². The smallest absolute Gasteiger partial charge is 0.00682 e. The van der Waals surface area contributed by atoms with Gasteiger partial charge in [0, 0.05) is 12.6 Å². The van der Waals surface area contributed by atoms with Gasteiger partial charge < -0.3 is 10.6 Å². The van der Waals surface area contributed by atoms with Gasteiger partial charge in [-0.15, -0.1) is 0 Å². The monoisotopic (exact) mass is 210 g/mol. The van der Waals surface area contributed by atoms with Crippen molar-refractivity contribution in [1.82, 2.24) is 10.6 Å². The fourth-order valence-corrected chi connectivity index (χ4v) is 2.38. The van der Waals surface area contributed by atoms with Crippen molar-refractivity contribution < 1.29 is 0 Å². The summed E-state index contributed by atoms with van der Waals surface area (Å²) in [5.41, 5.74) is 0.721. The Kier molecular flexibility index (Phi) is 4.04. The van der Waals surface area contributed by atoms with E-state index in [2.05, 4.69) is 17.6 Å². The highest BCUT2D eigenvalue weighted by Gasteiger charge is 2.40. The third-order valence-electron chi connectivity index (χ3n) is 3.78. The molecule has 2 N–H and O–H groups in total. The van der Waals surface area contributed by atoms with Crippen molar-refractivity contribution in [2.24, 2.45) is 5.41 Å². The van der Waals surface area contributed by atoms with Gasteiger partial charge in [0.25, 0.3) is 0 Å². The van der Waals surface area contributed by atoms with Crippen molar-refractivity contribution in [3.8, 4) is 0 Å². The Morgan fingerprint density at radius 1 is 1.20 bits per heavy atom. The third kappa shape index (κ3) is 4.12. The molecule has 2 rings (SSSR count). The van der Waals surface area contributed by atoms with Gasteiger partial charge in [0.1, 0.15) is 0 Å². The number of nitrogens with one attached hydrogen (secondary N) is 2. The van der Waals surface area contributed by atoms with Gasteiger partial charge in [-0.2, -0.15) is 0 Å². The van der Waals surface area contributed by atoms with Gasteiger partial charge in [0.05, 0.1) is 0 Å². The molecule has 2 heteroatoms. The molecule has 88 valence electrons. The van der Waals surface area contributed by atoms with E-state index in [0.29, 0.717) is 0 Å². The Bertz CT molecular complexity index is 183. The molecule has 2 fully saturated rings. The maximum Gasteiger partial charge on any atom is 0.00682 e. The zero-order valence-corrected chi connectivity index (χ0v) is 10.1. The van der Waals surface area contributed by atoms with Crippen LogP contribution in [0.1, 0.15) is 51.9 Å². The van der Waals surface area contributed by atoms with E-state index < -0.39 is 0 Å². The van der Waals surface area contributed by atoms with E-state index in [1.807, 2.05) is 0 Å². The minimum atomic E-state index is 0.721. The second kappa shape index (κ2) is 5.31. The third-order valence-corrected chi connectivity index (χ3v) is 3.78. The highest BCUT2D eigenvalue weighted by Crippen LogP contribution is 2.48. The SMILES string of the molecule is CCCC1(CNCCCNC2CC2)CC1. The summed E-state index contributed by atoms with van der Waals surface area (Å²) in [6, 6.07) is 0.875. The van der Waals surface area contributed by atoms with E-state index in [-0.39, 0.29) is 0 Å². The molecule has 15 heavy (non-hydrogen) atoms. The van der Waals surface area contributed by atoms with Crippen LogP contribution in [0.25, 0.3) is 0 Å². The predicted molar refractivity (Wildman–Crippen MR) is 65.1 cm³/mol. The molecule has 2 aliphatic rings. The second-order valence-corrected chi connectivity index (χ2v) is 5.51. The zero-order valence-electron chi connectivity index (χ0n) is 10.1. The molecule has 0 aromatic carbocycles. The molecule has 0 bridgehead atoms. The summed E-state index contributed by atoms with van der Waals surface area (Å²) >= 11 is 0. The summed E-state index contributed by atoms with van der Waals surface area (Å²) < 4.78 is 0. The molecule has 0 amide bonds. The molecular formula is C13H26N2. The highest BCUT2D eigenvalue weighted by molar-refractivity contribution is 4.94. The van der Waals surface area contributed by atoms with E-state index in [1.165, 1.54) is 64.6 Å². The van der Waals surface area contributed by atoms with Crippen LogP contribution >= 0.6 is 0 Å². The molecule has 0 radical (unpaired) electrons. The predicted octanol–water partition coefficient (Wildman–Crippen LogP) is 2.30. The van der Waals surface area contributed by atoms with Crippen molar-refractivity contribution in [2.75, 3.05) is 19.6 Å². The molecule has 0 unspecified atom stereocenters. The van der Waals surface area contributed by atoms with Crippen molar-refractivity contribution in [2.45, 2.75) is 57.9 Å². The van der Waals surface area contributed by atoms with Crippen LogP contribution in [-0.2, 0) is 0 Å². The minimum absolute atomic E-state index is 0.721. The summed E-state index contributed by atoms with van der Waals surface area (Å²) in [6.45, 7) is 5.98. The molecule has 0 spiro atoms. The first-order chi connectivity index (χ1) is 7.35. The van der Waals surface area contributed by atoms with E-state index in [0.717, 1.165) is 11.5 Å². The first-order valence-electron chi connectivity index (χ1n) is 6.79. The maximum atomic E-state index is 3.63.